The summed E-state index contributed by atoms with van der Waals surface area (Å²) in [5, 5.41) is 16.1. The Balaban J connectivity index is 0.000000251. The van der Waals surface area contributed by atoms with E-state index in [1.807, 2.05) is 0 Å². The SMILES string of the molecule is CO.Cc1cc(CNC(=O)c2cc(=O)n3c(n2)C2(NC=O)CCC(CC2)C3)ccc1F.O=C(c1ccno1)N1CCCC1. The summed E-state index contributed by atoms with van der Waals surface area (Å²) < 4.78 is 19.8. The Morgan fingerprint density at radius 3 is 2.51 bits per heavy atom. The van der Waals surface area contributed by atoms with Crippen molar-refractivity contribution in [1.29, 1.82) is 0 Å². The van der Waals surface area contributed by atoms with Gasteiger partial charge in [0.1, 0.15) is 17.3 Å². The van der Waals surface area contributed by atoms with Gasteiger partial charge in [-0.05, 0) is 68.6 Å². The van der Waals surface area contributed by atoms with Gasteiger partial charge in [0.25, 0.3) is 17.4 Å². The molecule has 43 heavy (non-hydrogen) atoms. The van der Waals surface area contributed by atoms with Gasteiger partial charge in [0.15, 0.2) is 0 Å². The van der Waals surface area contributed by atoms with E-state index >= 15 is 0 Å². The first kappa shape index (κ1) is 31.5. The maximum atomic E-state index is 13.4. The molecule has 12 nitrogen and oxygen atoms in total. The number of likely N-dealkylation sites (tertiary alicyclic amines) is 1. The van der Waals surface area contributed by atoms with E-state index in [1.165, 1.54) is 18.3 Å². The van der Waals surface area contributed by atoms with Gasteiger partial charge in [-0.1, -0.05) is 17.3 Å². The zero-order valence-corrected chi connectivity index (χ0v) is 24.3. The Morgan fingerprint density at radius 1 is 1.16 bits per heavy atom. The Bertz CT molecular complexity index is 1480. The van der Waals surface area contributed by atoms with Crippen LogP contribution in [0.2, 0.25) is 0 Å². The number of amides is 3. The zero-order chi connectivity index (χ0) is 31.0. The molecule has 5 heterocycles. The van der Waals surface area contributed by atoms with Crippen LogP contribution in [0.1, 0.15) is 76.5 Å². The Labute approximate surface area is 248 Å². The number of aliphatic hydroxyl groups excluding tert-OH is 1. The van der Waals surface area contributed by atoms with Crippen molar-refractivity contribution in [3.05, 3.63) is 81.1 Å². The fourth-order valence-electron chi connectivity index (χ4n) is 5.81. The minimum absolute atomic E-state index is 0.0255. The molecule has 3 N–H and O–H groups in total. The number of hydrogen-bond acceptors (Lipinski definition) is 8. The van der Waals surface area contributed by atoms with Gasteiger partial charge >= 0.3 is 0 Å². The van der Waals surface area contributed by atoms with Crippen LogP contribution in [0, 0.1) is 18.7 Å². The maximum Gasteiger partial charge on any atom is 0.292 e. The zero-order valence-electron chi connectivity index (χ0n) is 24.3. The normalized spacial score (nSPS) is 20.0. The number of fused-ring (bicyclic) bond motifs is 2. The first-order chi connectivity index (χ1) is 20.8. The number of hydrogen-bond donors (Lipinski definition) is 3. The van der Waals surface area contributed by atoms with E-state index in [2.05, 4.69) is 20.8 Å². The number of nitrogens with one attached hydrogen (secondary N) is 2. The van der Waals surface area contributed by atoms with Crippen LogP contribution in [0.25, 0.3) is 0 Å². The molecular formula is C30H37FN6O6. The molecule has 13 heteroatoms. The Morgan fingerprint density at radius 2 is 1.88 bits per heavy atom. The highest BCUT2D eigenvalue weighted by atomic mass is 19.1. The Kier molecular flexibility index (Phi) is 10.4. The molecule has 0 unspecified atom stereocenters. The van der Waals surface area contributed by atoms with Crippen molar-refractivity contribution in [2.24, 2.45) is 5.92 Å². The molecule has 3 aliphatic heterocycles. The lowest BCUT2D eigenvalue weighted by Gasteiger charge is -2.35. The highest BCUT2D eigenvalue weighted by Crippen LogP contribution is 2.42. The van der Waals surface area contributed by atoms with E-state index in [0.29, 0.717) is 48.9 Å². The van der Waals surface area contributed by atoms with Crippen LogP contribution in [-0.4, -0.2) is 63.1 Å². The molecule has 1 aliphatic carbocycles. The predicted octanol–water partition coefficient (Wildman–Crippen LogP) is 2.29. The molecule has 0 atom stereocenters. The highest BCUT2D eigenvalue weighted by Gasteiger charge is 2.44. The van der Waals surface area contributed by atoms with E-state index in [0.717, 1.165) is 51.4 Å². The van der Waals surface area contributed by atoms with Crippen LogP contribution >= 0.6 is 0 Å². The third-order valence-electron chi connectivity index (χ3n) is 8.12. The van der Waals surface area contributed by atoms with E-state index in [-0.39, 0.29) is 29.5 Å². The topological polar surface area (TPSA) is 160 Å². The fourth-order valence-corrected chi connectivity index (χ4v) is 5.81. The summed E-state index contributed by atoms with van der Waals surface area (Å²) in [5.74, 6) is 0.358. The lowest BCUT2D eigenvalue weighted by Crippen LogP contribution is -2.46. The molecular weight excluding hydrogens is 559 g/mol. The molecule has 0 radical (unpaired) electrons. The molecule has 3 aromatic rings. The number of aliphatic hydroxyl groups is 1. The van der Waals surface area contributed by atoms with Crippen LogP contribution < -0.4 is 16.2 Å². The quantitative estimate of drug-likeness (QED) is 0.366. The average molecular weight is 597 g/mol. The van der Waals surface area contributed by atoms with Gasteiger partial charge in [-0.25, -0.2) is 9.37 Å². The van der Waals surface area contributed by atoms with Gasteiger partial charge in [0.05, 0.1) is 11.7 Å². The van der Waals surface area contributed by atoms with Crippen molar-refractivity contribution in [2.45, 2.75) is 64.1 Å². The molecule has 3 amide bonds. The summed E-state index contributed by atoms with van der Waals surface area (Å²) >= 11 is 0. The van der Waals surface area contributed by atoms with Gasteiger partial charge in [0.2, 0.25) is 12.2 Å². The standard InChI is InChI=1S/C21H23FN4O3.C8H10N2O2.CH4O/c1-13-8-15(2-3-16(13)22)10-23-19(29)17-9-18(28)26-11-14-4-6-21(7-5-14,24-12-27)20(26)25-17;11-8(7-3-4-9-12-7)10-5-1-2-6-10;1-2/h2-3,8-9,12,14H,4-7,10-11H2,1H3,(H,23,29)(H,24,27);3-4H,1-2,5-6H2;2H,1H3. The lowest BCUT2D eigenvalue weighted by atomic mass is 9.77. The summed E-state index contributed by atoms with van der Waals surface area (Å²) in [6.07, 6.45) is 7.52. The molecule has 2 fully saturated rings. The molecule has 4 aliphatic rings. The summed E-state index contributed by atoms with van der Waals surface area (Å²) in [7, 11) is 1.00. The molecule has 2 aromatic heterocycles. The summed E-state index contributed by atoms with van der Waals surface area (Å²) in [6.45, 7) is 4.10. The predicted molar refractivity (Wildman–Crippen MR) is 153 cm³/mol. The van der Waals surface area contributed by atoms with Gasteiger partial charge in [0, 0.05) is 45.4 Å². The highest BCUT2D eigenvalue weighted by molar-refractivity contribution is 5.92. The number of carbonyl (C=O) groups is 3. The van der Waals surface area contributed by atoms with E-state index in [4.69, 9.17) is 9.63 Å². The van der Waals surface area contributed by atoms with Crippen molar-refractivity contribution in [1.82, 2.24) is 30.2 Å². The van der Waals surface area contributed by atoms with Crippen LogP contribution in [0.5, 0.6) is 0 Å². The summed E-state index contributed by atoms with van der Waals surface area (Å²) in [4.78, 5) is 54.5. The molecule has 7 rings (SSSR count). The second-order valence-corrected chi connectivity index (χ2v) is 10.8. The molecule has 0 spiro atoms. The van der Waals surface area contributed by atoms with Gasteiger partial charge in [-0.2, -0.15) is 0 Å². The Hall–Kier alpha value is -4.39. The minimum Gasteiger partial charge on any atom is -0.400 e. The monoisotopic (exact) mass is 596 g/mol. The van der Waals surface area contributed by atoms with Crippen molar-refractivity contribution in [3.8, 4) is 0 Å². The number of carbonyl (C=O) groups excluding carboxylic acids is 3. The minimum atomic E-state index is -0.710. The number of rotatable bonds is 6. The van der Waals surface area contributed by atoms with Crippen molar-refractivity contribution in [3.63, 3.8) is 0 Å². The van der Waals surface area contributed by atoms with Crippen LogP contribution in [-0.2, 0) is 23.4 Å². The van der Waals surface area contributed by atoms with Crippen molar-refractivity contribution >= 4 is 18.2 Å². The largest absolute Gasteiger partial charge is 0.400 e. The third kappa shape index (κ3) is 7.16. The first-order valence-corrected chi connectivity index (χ1v) is 14.3. The second kappa shape index (κ2) is 14.2. The van der Waals surface area contributed by atoms with Crippen molar-refractivity contribution in [2.75, 3.05) is 20.2 Å². The van der Waals surface area contributed by atoms with Crippen LogP contribution in [0.4, 0.5) is 4.39 Å². The average Bonchev–Trinajstić information content (AvgIpc) is 3.72. The molecule has 1 saturated carbocycles. The summed E-state index contributed by atoms with van der Waals surface area (Å²) in [5.41, 5.74) is 0.275. The number of aromatic nitrogens is 3. The van der Waals surface area contributed by atoms with Gasteiger partial charge in [-0.15, -0.1) is 0 Å². The van der Waals surface area contributed by atoms with Gasteiger partial charge < -0.3 is 25.2 Å². The van der Waals surface area contributed by atoms with E-state index < -0.39 is 11.4 Å². The van der Waals surface area contributed by atoms with E-state index in [9.17, 15) is 23.6 Å². The molecule has 230 valence electrons. The smallest absolute Gasteiger partial charge is 0.292 e. The number of benzene rings is 1. The van der Waals surface area contributed by atoms with Crippen LogP contribution in [0.3, 0.4) is 0 Å². The van der Waals surface area contributed by atoms with Crippen molar-refractivity contribution < 1.29 is 28.4 Å². The summed E-state index contributed by atoms with van der Waals surface area (Å²) in [6, 6.07) is 7.46. The van der Waals surface area contributed by atoms with Gasteiger partial charge in [-0.3, -0.25) is 23.7 Å². The number of halogens is 1. The number of aryl methyl sites for hydroxylation is 1. The van der Waals surface area contributed by atoms with E-state index in [1.54, 1.807) is 34.6 Å². The van der Waals surface area contributed by atoms with Crippen LogP contribution in [0.15, 0.2) is 45.8 Å². The number of nitrogens with zero attached hydrogens (tertiary/aromatic N) is 4. The lowest BCUT2D eigenvalue weighted by molar-refractivity contribution is -0.111. The molecule has 1 aromatic carbocycles. The molecule has 2 bridgehead atoms. The third-order valence-corrected chi connectivity index (χ3v) is 8.12. The maximum absolute atomic E-state index is 13.4. The first-order valence-electron chi connectivity index (χ1n) is 14.3. The second-order valence-electron chi connectivity index (χ2n) is 10.8. The molecule has 1 saturated heterocycles. The fraction of sp³-hybridized carbons (Fsp3) is 0.467.